The third kappa shape index (κ3) is 2.74. The largest absolute Gasteiger partial charge is 0.454 e. The number of aromatic nitrogens is 4. The normalized spacial score (nSPS) is 11.1. The van der Waals surface area contributed by atoms with Gasteiger partial charge in [0.25, 0.3) is 5.69 Å². The van der Waals surface area contributed by atoms with E-state index in [1.165, 1.54) is 23.5 Å². The van der Waals surface area contributed by atoms with Crippen molar-refractivity contribution >= 4 is 22.0 Å². The molecule has 3 aromatic heterocycles. The van der Waals surface area contributed by atoms with E-state index in [4.69, 9.17) is 4.42 Å². The molecule has 0 spiro atoms. The minimum atomic E-state index is -0.430. The molecule has 0 saturated heterocycles. The molecule has 5 aromatic rings. The zero-order valence-electron chi connectivity index (χ0n) is 14.2. The second-order valence-electron chi connectivity index (χ2n) is 5.96. The number of non-ortho nitro benzene ring substituents is 1. The van der Waals surface area contributed by atoms with E-state index in [0.29, 0.717) is 27.3 Å². The lowest BCUT2D eigenvalue weighted by Crippen LogP contribution is -1.90. The summed E-state index contributed by atoms with van der Waals surface area (Å²) in [5.41, 5.74) is 1.72. The van der Waals surface area contributed by atoms with E-state index in [1.54, 1.807) is 16.6 Å². The number of nitrogens with zero attached hydrogens (tertiary/aromatic N) is 5. The number of nitro benzene ring substituents is 1. The smallest absolute Gasteiger partial charge is 0.269 e. The van der Waals surface area contributed by atoms with Crippen molar-refractivity contribution in [2.24, 2.45) is 0 Å². The van der Waals surface area contributed by atoms with Crippen molar-refractivity contribution in [3.63, 3.8) is 0 Å². The number of fused-ring (bicyclic) bond motifs is 1. The molecule has 0 unspecified atom stereocenters. The number of nitro groups is 1. The van der Waals surface area contributed by atoms with Crippen LogP contribution >= 0.6 is 11.3 Å². The minimum absolute atomic E-state index is 0.0395. The second kappa shape index (κ2) is 6.39. The molecule has 136 valence electrons. The molecule has 0 bridgehead atoms. The molecule has 0 amide bonds. The lowest BCUT2D eigenvalue weighted by atomic mass is 10.1. The van der Waals surface area contributed by atoms with Crippen LogP contribution in [-0.2, 0) is 0 Å². The van der Waals surface area contributed by atoms with E-state index < -0.39 is 4.92 Å². The van der Waals surface area contributed by atoms with Gasteiger partial charge in [-0.2, -0.15) is 4.52 Å². The molecule has 0 aliphatic carbocycles. The van der Waals surface area contributed by atoms with Crippen LogP contribution in [0, 0.1) is 10.1 Å². The average Bonchev–Trinajstić information content (AvgIpc) is 3.44. The van der Waals surface area contributed by atoms with Crippen LogP contribution in [0.3, 0.4) is 0 Å². The Morgan fingerprint density at radius 3 is 2.39 bits per heavy atom. The van der Waals surface area contributed by atoms with Gasteiger partial charge in [-0.25, -0.2) is 0 Å². The molecule has 0 saturated carbocycles. The van der Waals surface area contributed by atoms with Crippen molar-refractivity contribution in [3.8, 4) is 33.5 Å². The Morgan fingerprint density at radius 2 is 1.64 bits per heavy atom. The highest BCUT2D eigenvalue weighted by atomic mass is 32.1. The van der Waals surface area contributed by atoms with E-state index in [0.717, 1.165) is 11.1 Å². The molecule has 3 heterocycles. The van der Waals surface area contributed by atoms with Crippen molar-refractivity contribution in [1.29, 1.82) is 0 Å². The van der Waals surface area contributed by atoms with Crippen molar-refractivity contribution < 1.29 is 9.34 Å². The fourth-order valence-corrected chi connectivity index (χ4v) is 3.64. The quantitative estimate of drug-likeness (QED) is 0.327. The number of hydrogen-bond acceptors (Lipinski definition) is 7. The van der Waals surface area contributed by atoms with Crippen LogP contribution in [-0.4, -0.2) is 24.7 Å². The van der Waals surface area contributed by atoms with Crippen molar-refractivity contribution in [2.75, 3.05) is 0 Å². The first-order valence-corrected chi connectivity index (χ1v) is 9.13. The molecule has 5 rings (SSSR count). The fourth-order valence-electron chi connectivity index (χ4n) is 2.84. The molecule has 28 heavy (non-hydrogen) atoms. The summed E-state index contributed by atoms with van der Waals surface area (Å²) >= 11 is 1.38. The van der Waals surface area contributed by atoms with Crippen LogP contribution in [0.4, 0.5) is 5.69 Å². The number of rotatable bonds is 4. The molecular formula is C19H11N5O3S. The fraction of sp³-hybridized carbons (Fsp3) is 0. The van der Waals surface area contributed by atoms with Gasteiger partial charge in [-0.15, -0.1) is 15.3 Å². The molecule has 8 nitrogen and oxygen atoms in total. The first kappa shape index (κ1) is 16.3. The maximum Gasteiger partial charge on any atom is 0.269 e. The molecule has 0 N–H and O–H groups in total. The highest BCUT2D eigenvalue weighted by Crippen LogP contribution is 2.32. The highest BCUT2D eigenvalue weighted by Gasteiger charge is 2.17. The summed E-state index contributed by atoms with van der Waals surface area (Å²) < 4.78 is 7.61. The van der Waals surface area contributed by atoms with Gasteiger partial charge in [0.05, 0.1) is 4.92 Å². The first-order chi connectivity index (χ1) is 13.7. The first-order valence-electron chi connectivity index (χ1n) is 8.32. The van der Waals surface area contributed by atoms with Gasteiger partial charge in [-0.3, -0.25) is 10.1 Å². The lowest BCUT2D eigenvalue weighted by molar-refractivity contribution is -0.384. The van der Waals surface area contributed by atoms with Crippen LogP contribution in [0.25, 0.3) is 38.4 Å². The Balaban J connectivity index is 1.50. The Bertz CT molecular complexity index is 1290. The zero-order valence-corrected chi connectivity index (χ0v) is 15.0. The Kier molecular flexibility index (Phi) is 3.73. The second-order valence-corrected chi connectivity index (χ2v) is 6.92. The van der Waals surface area contributed by atoms with Crippen LogP contribution in [0.15, 0.2) is 71.1 Å². The standard InChI is InChI=1S/C19H11N5O3S/c25-24(26)14-8-6-12(7-9-14)15-10-11-16(27-15)18-22-23-17(20-21-19(23)28-18)13-4-2-1-3-5-13/h1-11H. The van der Waals surface area contributed by atoms with Crippen LogP contribution < -0.4 is 0 Å². The Hall–Kier alpha value is -3.85. The van der Waals surface area contributed by atoms with Gasteiger partial charge in [0.15, 0.2) is 16.6 Å². The van der Waals surface area contributed by atoms with Gasteiger partial charge in [-0.05, 0) is 24.3 Å². The summed E-state index contributed by atoms with van der Waals surface area (Å²) in [5.74, 6) is 1.88. The van der Waals surface area contributed by atoms with Gasteiger partial charge < -0.3 is 4.42 Å². The van der Waals surface area contributed by atoms with E-state index in [1.807, 2.05) is 42.5 Å². The number of furan rings is 1. The average molecular weight is 389 g/mol. The molecule has 0 aliphatic heterocycles. The summed E-state index contributed by atoms with van der Waals surface area (Å²) in [6.07, 6.45) is 0. The predicted molar refractivity (Wildman–Crippen MR) is 104 cm³/mol. The van der Waals surface area contributed by atoms with E-state index >= 15 is 0 Å². The Morgan fingerprint density at radius 1 is 0.893 bits per heavy atom. The molecule has 0 fully saturated rings. The summed E-state index contributed by atoms with van der Waals surface area (Å²) in [6.45, 7) is 0. The summed E-state index contributed by atoms with van der Waals surface area (Å²) in [4.78, 5) is 11.0. The van der Waals surface area contributed by atoms with Gasteiger partial charge in [0.2, 0.25) is 4.96 Å². The third-order valence-corrected chi connectivity index (χ3v) is 5.12. The van der Waals surface area contributed by atoms with E-state index in [2.05, 4.69) is 15.3 Å². The van der Waals surface area contributed by atoms with Gasteiger partial charge >= 0.3 is 0 Å². The Labute approximate surface area is 161 Å². The van der Waals surface area contributed by atoms with Crippen molar-refractivity contribution in [1.82, 2.24) is 19.8 Å². The monoisotopic (exact) mass is 389 g/mol. The summed E-state index contributed by atoms with van der Waals surface area (Å²) in [6, 6.07) is 19.6. The van der Waals surface area contributed by atoms with E-state index in [9.17, 15) is 10.1 Å². The molecule has 0 aliphatic rings. The van der Waals surface area contributed by atoms with Gasteiger partial charge in [0.1, 0.15) is 5.76 Å². The van der Waals surface area contributed by atoms with Crippen LogP contribution in [0.5, 0.6) is 0 Å². The van der Waals surface area contributed by atoms with Crippen molar-refractivity contribution in [2.45, 2.75) is 0 Å². The van der Waals surface area contributed by atoms with Gasteiger partial charge in [0, 0.05) is 23.3 Å². The van der Waals surface area contributed by atoms with Crippen LogP contribution in [0.2, 0.25) is 0 Å². The van der Waals surface area contributed by atoms with Crippen LogP contribution in [0.1, 0.15) is 0 Å². The minimum Gasteiger partial charge on any atom is -0.454 e. The van der Waals surface area contributed by atoms with E-state index in [-0.39, 0.29) is 5.69 Å². The molecule has 0 radical (unpaired) electrons. The molecule has 0 atom stereocenters. The molecule has 9 heteroatoms. The number of hydrogen-bond donors (Lipinski definition) is 0. The topological polar surface area (TPSA) is 99.4 Å². The zero-order chi connectivity index (χ0) is 19.1. The SMILES string of the molecule is O=[N+]([O-])c1ccc(-c2ccc(-c3nn4c(-c5ccccc5)nnc4s3)o2)cc1. The third-order valence-electron chi connectivity index (χ3n) is 4.20. The summed E-state index contributed by atoms with van der Waals surface area (Å²) in [5, 5.41) is 24.5. The number of benzene rings is 2. The highest BCUT2D eigenvalue weighted by molar-refractivity contribution is 7.19. The predicted octanol–water partition coefficient (Wildman–Crippen LogP) is 4.69. The molecular weight excluding hydrogens is 378 g/mol. The van der Waals surface area contributed by atoms with Gasteiger partial charge in [-0.1, -0.05) is 41.7 Å². The van der Waals surface area contributed by atoms with Crippen molar-refractivity contribution in [3.05, 3.63) is 76.8 Å². The maximum atomic E-state index is 10.8. The lowest BCUT2D eigenvalue weighted by Gasteiger charge is -1.97. The molecule has 2 aromatic carbocycles. The summed E-state index contributed by atoms with van der Waals surface area (Å²) in [7, 11) is 0. The maximum absolute atomic E-state index is 10.8.